The second-order valence-electron chi connectivity index (χ2n) is 6.87. The molecule has 148 valence electrons. The molecule has 1 aromatic heterocycles. The number of nitrogens with zero attached hydrogens (tertiary/aromatic N) is 2. The van der Waals surface area contributed by atoms with Gasteiger partial charge in [-0.1, -0.05) is 18.2 Å². The van der Waals surface area contributed by atoms with E-state index in [9.17, 15) is 9.59 Å². The third-order valence-corrected chi connectivity index (χ3v) is 4.64. The monoisotopic (exact) mass is 391 g/mol. The van der Waals surface area contributed by atoms with E-state index in [4.69, 9.17) is 9.47 Å². The molecule has 1 aliphatic heterocycles. The highest BCUT2D eigenvalue weighted by Crippen LogP contribution is 2.31. The van der Waals surface area contributed by atoms with Crippen molar-refractivity contribution in [1.29, 1.82) is 0 Å². The highest BCUT2D eigenvalue weighted by molar-refractivity contribution is 6.15. The first kappa shape index (κ1) is 18.7. The minimum Gasteiger partial charge on any atom is -0.486 e. The zero-order chi connectivity index (χ0) is 20.2. The molecule has 2 heterocycles. The van der Waals surface area contributed by atoms with Crippen molar-refractivity contribution in [2.75, 3.05) is 13.2 Å². The Hall–Kier alpha value is -3.61. The van der Waals surface area contributed by atoms with Crippen molar-refractivity contribution in [2.45, 2.75) is 19.5 Å². The molecular formula is C22H21N3O4. The van der Waals surface area contributed by atoms with E-state index < -0.39 is 0 Å². The lowest BCUT2D eigenvalue weighted by Crippen LogP contribution is -2.36. The Morgan fingerprint density at radius 2 is 1.86 bits per heavy atom. The maximum absolute atomic E-state index is 13.1. The number of benzene rings is 2. The predicted octanol–water partition coefficient (Wildman–Crippen LogP) is 2.70. The maximum atomic E-state index is 13.1. The minimum atomic E-state index is -0.292. The molecule has 1 N–H and O–H groups in total. The van der Waals surface area contributed by atoms with E-state index in [-0.39, 0.29) is 17.7 Å². The van der Waals surface area contributed by atoms with Crippen LogP contribution in [0.2, 0.25) is 0 Å². The van der Waals surface area contributed by atoms with Crippen LogP contribution >= 0.6 is 0 Å². The minimum absolute atomic E-state index is 0.130. The van der Waals surface area contributed by atoms with Crippen LogP contribution < -0.4 is 14.8 Å². The first-order chi connectivity index (χ1) is 14.1. The van der Waals surface area contributed by atoms with Gasteiger partial charge >= 0.3 is 0 Å². The lowest BCUT2D eigenvalue weighted by atomic mass is 9.97. The summed E-state index contributed by atoms with van der Waals surface area (Å²) in [7, 11) is 0. The van der Waals surface area contributed by atoms with Crippen molar-refractivity contribution < 1.29 is 19.1 Å². The molecule has 1 amide bonds. The first-order valence-corrected chi connectivity index (χ1v) is 9.42. The summed E-state index contributed by atoms with van der Waals surface area (Å²) in [6, 6.07) is 11.7. The van der Waals surface area contributed by atoms with Gasteiger partial charge in [0.15, 0.2) is 17.3 Å². The standard InChI is InChI=1S/C22H21N3O4/c1-15(13-25-9-8-23-14-25)24-22(27)18-5-3-2-4-17(18)21(26)16-6-7-19-20(12-16)29-11-10-28-19/h2-9,12,14-15H,10-11,13H2,1H3,(H,24,27)/t15-/m1/s1. The Kier molecular flexibility index (Phi) is 5.29. The Morgan fingerprint density at radius 1 is 1.10 bits per heavy atom. The van der Waals surface area contributed by atoms with Gasteiger partial charge < -0.3 is 19.4 Å². The van der Waals surface area contributed by atoms with Gasteiger partial charge in [0.2, 0.25) is 0 Å². The van der Waals surface area contributed by atoms with Crippen LogP contribution in [-0.4, -0.2) is 40.5 Å². The molecule has 0 radical (unpaired) electrons. The van der Waals surface area contributed by atoms with Crippen molar-refractivity contribution >= 4 is 11.7 Å². The number of hydrogen-bond donors (Lipinski definition) is 1. The smallest absolute Gasteiger partial charge is 0.252 e. The molecule has 1 atom stereocenters. The molecule has 3 aromatic rings. The topological polar surface area (TPSA) is 82.5 Å². The highest BCUT2D eigenvalue weighted by Gasteiger charge is 2.21. The Labute approximate surface area is 168 Å². The number of ether oxygens (including phenoxy) is 2. The quantitative estimate of drug-likeness (QED) is 0.654. The number of carbonyl (C=O) groups excluding carboxylic acids is 2. The summed E-state index contributed by atoms with van der Waals surface area (Å²) in [6.07, 6.45) is 5.22. The van der Waals surface area contributed by atoms with E-state index >= 15 is 0 Å². The molecule has 0 aliphatic carbocycles. The summed E-state index contributed by atoms with van der Waals surface area (Å²) >= 11 is 0. The van der Waals surface area contributed by atoms with Gasteiger partial charge in [-0.3, -0.25) is 9.59 Å². The van der Waals surface area contributed by atoms with E-state index in [1.54, 1.807) is 55.0 Å². The van der Waals surface area contributed by atoms with Gasteiger partial charge in [-0.15, -0.1) is 0 Å². The first-order valence-electron chi connectivity index (χ1n) is 9.42. The number of nitrogens with one attached hydrogen (secondary N) is 1. The fraction of sp³-hybridized carbons (Fsp3) is 0.227. The molecule has 1 aliphatic rings. The lowest BCUT2D eigenvalue weighted by molar-refractivity contribution is 0.0926. The maximum Gasteiger partial charge on any atom is 0.252 e. The summed E-state index contributed by atoms with van der Waals surface area (Å²) in [5.74, 6) is 0.624. The van der Waals surface area contributed by atoms with Crippen molar-refractivity contribution in [1.82, 2.24) is 14.9 Å². The van der Waals surface area contributed by atoms with Gasteiger partial charge in [0.25, 0.3) is 5.91 Å². The van der Waals surface area contributed by atoms with Crippen LogP contribution in [0.15, 0.2) is 61.2 Å². The number of amides is 1. The molecule has 0 saturated heterocycles. The van der Waals surface area contributed by atoms with Crippen molar-refractivity contribution in [3.05, 3.63) is 77.9 Å². The van der Waals surface area contributed by atoms with Crippen LogP contribution in [0, 0.1) is 0 Å². The molecule has 0 saturated carbocycles. The molecule has 29 heavy (non-hydrogen) atoms. The van der Waals surface area contributed by atoms with E-state index in [0.29, 0.717) is 47.9 Å². The fourth-order valence-electron chi connectivity index (χ4n) is 3.28. The predicted molar refractivity (Wildman–Crippen MR) is 106 cm³/mol. The van der Waals surface area contributed by atoms with Crippen molar-refractivity contribution in [3.8, 4) is 11.5 Å². The van der Waals surface area contributed by atoms with Crippen molar-refractivity contribution in [3.63, 3.8) is 0 Å². The van der Waals surface area contributed by atoms with Crippen LogP contribution in [0.5, 0.6) is 11.5 Å². The van der Waals surface area contributed by atoms with E-state index in [2.05, 4.69) is 10.3 Å². The molecular weight excluding hydrogens is 370 g/mol. The fourth-order valence-corrected chi connectivity index (χ4v) is 3.28. The van der Waals surface area contributed by atoms with Crippen LogP contribution in [0.1, 0.15) is 33.2 Å². The average Bonchev–Trinajstić information content (AvgIpc) is 3.25. The number of imidazole rings is 1. The molecule has 0 unspecified atom stereocenters. The van der Waals surface area contributed by atoms with Gasteiger partial charge in [0, 0.05) is 36.1 Å². The van der Waals surface area contributed by atoms with Gasteiger partial charge in [-0.25, -0.2) is 4.98 Å². The van der Waals surface area contributed by atoms with Crippen LogP contribution in [0.4, 0.5) is 0 Å². The van der Waals surface area contributed by atoms with Crippen LogP contribution in [0.3, 0.4) is 0 Å². The molecule has 2 aromatic carbocycles. The molecule has 7 heteroatoms. The Balaban J connectivity index is 1.54. The van der Waals surface area contributed by atoms with E-state index in [1.165, 1.54) is 0 Å². The number of fused-ring (bicyclic) bond motifs is 1. The third-order valence-electron chi connectivity index (χ3n) is 4.64. The number of hydrogen-bond acceptors (Lipinski definition) is 5. The zero-order valence-electron chi connectivity index (χ0n) is 16.0. The summed E-state index contributed by atoms with van der Waals surface area (Å²) in [4.78, 5) is 30.0. The van der Waals surface area contributed by atoms with Gasteiger partial charge in [-0.2, -0.15) is 0 Å². The van der Waals surface area contributed by atoms with Crippen molar-refractivity contribution in [2.24, 2.45) is 0 Å². The summed E-state index contributed by atoms with van der Waals surface area (Å²) < 4.78 is 13.0. The van der Waals surface area contributed by atoms with Gasteiger partial charge in [0.05, 0.1) is 11.9 Å². The van der Waals surface area contributed by atoms with Crippen LogP contribution in [0.25, 0.3) is 0 Å². The molecule has 4 rings (SSSR count). The number of rotatable bonds is 6. The normalized spacial score (nSPS) is 13.6. The van der Waals surface area contributed by atoms with Crippen LogP contribution in [-0.2, 0) is 6.54 Å². The number of aromatic nitrogens is 2. The van der Waals surface area contributed by atoms with E-state index in [1.807, 2.05) is 17.7 Å². The second kappa shape index (κ2) is 8.18. The second-order valence-corrected chi connectivity index (χ2v) is 6.87. The third kappa shape index (κ3) is 4.13. The molecule has 0 spiro atoms. The van der Waals surface area contributed by atoms with Gasteiger partial charge in [0.1, 0.15) is 13.2 Å². The summed E-state index contributed by atoms with van der Waals surface area (Å²) in [5, 5.41) is 2.95. The molecule has 0 fully saturated rings. The Bertz CT molecular complexity index is 1030. The lowest BCUT2D eigenvalue weighted by Gasteiger charge is -2.19. The largest absolute Gasteiger partial charge is 0.486 e. The van der Waals surface area contributed by atoms with E-state index in [0.717, 1.165) is 0 Å². The Morgan fingerprint density at radius 3 is 2.62 bits per heavy atom. The highest BCUT2D eigenvalue weighted by atomic mass is 16.6. The van der Waals surface area contributed by atoms with Gasteiger partial charge in [-0.05, 0) is 31.2 Å². The SMILES string of the molecule is C[C@H](Cn1ccnc1)NC(=O)c1ccccc1C(=O)c1ccc2c(c1)OCCO2. The zero-order valence-corrected chi connectivity index (χ0v) is 16.0. The number of carbonyl (C=O) groups is 2. The summed E-state index contributed by atoms with van der Waals surface area (Å²) in [6.45, 7) is 3.42. The molecule has 7 nitrogen and oxygen atoms in total. The number of ketones is 1. The summed E-state index contributed by atoms with van der Waals surface area (Å²) in [5.41, 5.74) is 1.13. The molecule has 0 bridgehead atoms. The average molecular weight is 391 g/mol.